The first kappa shape index (κ1) is 19.4. The van der Waals surface area contributed by atoms with Gasteiger partial charge in [-0.05, 0) is 48.0 Å². The molecule has 0 heterocycles. The lowest BCUT2D eigenvalue weighted by Crippen LogP contribution is -1.99. The summed E-state index contributed by atoms with van der Waals surface area (Å²) in [6, 6.07) is 0. The molecule has 116 valence electrons. The van der Waals surface area contributed by atoms with E-state index in [1.165, 1.54) is 12.5 Å². The molecule has 0 N–H and O–H groups in total. The van der Waals surface area contributed by atoms with E-state index in [2.05, 4.69) is 47.1 Å². The van der Waals surface area contributed by atoms with Crippen LogP contribution in [-0.2, 0) is 0 Å². The summed E-state index contributed by atoms with van der Waals surface area (Å²) in [5.41, 5.74) is 2.69. The molecule has 1 heteroatoms. The smallest absolute Gasteiger partial charge is 0.126 e. The minimum absolute atomic E-state index is 0.362. The van der Waals surface area contributed by atoms with Gasteiger partial charge in [0.25, 0.3) is 0 Å². The van der Waals surface area contributed by atoms with Crippen molar-refractivity contribution in [2.75, 3.05) is 0 Å². The van der Waals surface area contributed by atoms with Crippen molar-refractivity contribution in [2.24, 2.45) is 11.8 Å². The maximum Gasteiger partial charge on any atom is 0.126 e. The van der Waals surface area contributed by atoms with Gasteiger partial charge in [-0.15, -0.1) is 0 Å². The van der Waals surface area contributed by atoms with Gasteiger partial charge in [0, 0.05) is 0 Å². The van der Waals surface area contributed by atoms with Crippen LogP contribution in [0.1, 0.15) is 40.5 Å². The van der Waals surface area contributed by atoms with Crippen LogP contribution in [0.25, 0.3) is 0 Å². The maximum atomic E-state index is 13.5. The van der Waals surface area contributed by atoms with E-state index in [1.807, 2.05) is 12.2 Å². The van der Waals surface area contributed by atoms with Crippen molar-refractivity contribution in [3.8, 4) is 0 Å². The topological polar surface area (TPSA) is 0 Å². The fraction of sp³-hybridized carbons (Fsp3) is 0.400. The zero-order valence-corrected chi connectivity index (χ0v) is 14.0. The molecule has 0 fully saturated rings. The van der Waals surface area contributed by atoms with Crippen molar-refractivity contribution >= 4 is 0 Å². The SMILES string of the molecule is C=C(/C=C\C(=C)C(C)CCC(C)C)C(=C)/C=C(/F)C(=C)C. The van der Waals surface area contributed by atoms with Crippen LogP contribution in [0, 0.1) is 11.8 Å². The second-order valence-electron chi connectivity index (χ2n) is 6.10. The molecule has 0 radical (unpaired) electrons. The highest BCUT2D eigenvalue weighted by atomic mass is 19.1. The lowest BCUT2D eigenvalue weighted by Gasteiger charge is -2.13. The summed E-state index contributed by atoms with van der Waals surface area (Å²) in [6.07, 6.45) is 7.47. The number of hydrogen-bond donors (Lipinski definition) is 0. The summed E-state index contributed by atoms with van der Waals surface area (Å²) in [5.74, 6) is 0.778. The van der Waals surface area contributed by atoms with Gasteiger partial charge in [-0.2, -0.15) is 0 Å². The molecule has 0 aliphatic heterocycles. The third-order valence-corrected chi connectivity index (χ3v) is 3.43. The van der Waals surface area contributed by atoms with Crippen LogP contribution in [-0.4, -0.2) is 0 Å². The highest BCUT2D eigenvalue weighted by molar-refractivity contribution is 5.46. The summed E-state index contributed by atoms with van der Waals surface area (Å²) >= 11 is 0. The zero-order chi connectivity index (χ0) is 16.6. The van der Waals surface area contributed by atoms with E-state index in [0.29, 0.717) is 28.6 Å². The molecular weight excluding hydrogens is 259 g/mol. The van der Waals surface area contributed by atoms with Gasteiger partial charge in [0.2, 0.25) is 0 Å². The zero-order valence-electron chi connectivity index (χ0n) is 14.0. The molecule has 0 aromatic carbocycles. The van der Waals surface area contributed by atoms with Gasteiger partial charge in [0.1, 0.15) is 5.83 Å². The second-order valence-corrected chi connectivity index (χ2v) is 6.10. The van der Waals surface area contributed by atoms with Crippen molar-refractivity contribution in [2.45, 2.75) is 40.5 Å². The standard InChI is InChI=1S/C20H29F/c1-14(2)9-10-16(5)17(6)11-12-18(7)19(8)13-20(21)15(3)4/h11-14,16H,3,6-10H2,1-2,4-5H3/b12-11-,20-13+. The Labute approximate surface area is 130 Å². The van der Waals surface area contributed by atoms with Crippen molar-refractivity contribution in [3.05, 3.63) is 72.7 Å². The van der Waals surface area contributed by atoms with Crippen LogP contribution in [0.3, 0.4) is 0 Å². The van der Waals surface area contributed by atoms with Crippen molar-refractivity contribution < 1.29 is 4.39 Å². The molecule has 0 aromatic rings. The van der Waals surface area contributed by atoms with E-state index < -0.39 is 0 Å². The van der Waals surface area contributed by atoms with E-state index >= 15 is 0 Å². The molecule has 21 heavy (non-hydrogen) atoms. The van der Waals surface area contributed by atoms with Gasteiger partial charge in [-0.25, -0.2) is 4.39 Å². The fourth-order valence-electron chi connectivity index (χ4n) is 1.62. The quantitative estimate of drug-likeness (QED) is 0.413. The minimum atomic E-state index is -0.362. The van der Waals surface area contributed by atoms with Gasteiger partial charge in [0.15, 0.2) is 0 Å². The lowest BCUT2D eigenvalue weighted by molar-refractivity contribution is 0.494. The largest absolute Gasteiger partial charge is 0.207 e. The molecule has 0 aliphatic carbocycles. The summed E-state index contributed by atoms with van der Waals surface area (Å²) in [4.78, 5) is 0. The van der Waals surface area contributed by atoms with Gasteiger partial charge in [-0.1, -0.05) is 71.2 Å². The molecule has 0 saturated carbocycles. The van der Waals surface area contributed by atoms with E-state index in [-0.39, 0.29) is 5.83 Å². The Hall–Kier alpha value is -1.63. The summed E-state index contributed by atoms with van der Waals surface area (Å²) in [7, 11) is 0. The molecule has 0 nitrogen and oxygen atoms in total. The third-order valence-electron chi connectivity index (χ3n) is 3.43. The predicted molar refractivity (Wildman–Crippen MR) is 93.8 cm³/mol. The molecular formula is C20H29F. The molecule has 1 unspecified atom stereocenters. The van der Waals surface area contributed by atoms with Crippen molar-refractivity contribution in [1.29, 1.82) is 0 Å². The summed E-state index contributed by atoms with van der Waals surface area (Å²) in [6.45, 7) is 23.6. The summed E-state index contributed by atoms with van der Waals surface area (Å²) in [5, 5.41) is 0. The number of halogens is 1. The Morgan fingerprint density at radius 3 is 2.00 bits per heavy atom. The van der Waals surface area contributed by atoms with Crippen LogP contribution >= 0.6 is 0 Å². The van der Waals surface area contributed by atoms with Gasteiger partial charge in [0.05, 0.1) is 0 Å². The van der Waals surface area contributed by atoms with E-state index in [4.69, 9.17) is 0 Å². The monoisotopic (exact) mass is 288 g/mol. The average Bonchev–Trinajstić information content (AvgIpc) is 2.40. The van der Waals surface area contributed by atoms with E-state index in [1.54, 1.807) is 6.92 Å². The van der Waals surface area contributed by atoms with E-state index in [0.717, 1.165) is 12.0 Å². The third kappa shape index (κ3) is 8.29. The van der Waals surface area contributed by atoms with Crippen LogP contribution in [0.5, 0.6) is 0 Å². The second kappa shape index (κ2) is 9.33. The Morgan fingerprint density at radius 1 is 0.952 bits per heavy atom. The van der Waals surface area contributed by atoms with Gasteiger partial charge >= 0.3 is 0 Å². The predicted octanol–water partition coefficient (Wildman–Crippen LogP) is 6.71. The van der Waals surface area contributed by atoms with Crippen LogP contribution in [0.4, 0.5) is 4.39 Å². The van der Waals surface area contributed by atoms with Gasteiger partial charge in [-0.3, -0.25) is 0 Å². The first-order chi connectivity index (χ1) is 9.65. The molecule has 0 bridgehead atoms. The Kier molecular flexibility index (Phi) is 8.61. The Balaban J connectivity index is 4.56. The first-order valence-corrected chi connectivity index (χ1v) is 7.43. The molecule has 0 aliphatic rings. The van der Waals surface area contributed by atoms with Crippen molar-refractivity contribution in [1.82, 2.24) is 0 Å². The van der Waals surface area contributed by atoms with Crippen LogP contribution in [0.15, 0.2) is 72.7 Å². The molecule has 0 amide bonds. The summed E-state index contributed by atoms with van der Waals surface area (Å²) < 4.78 is 13.5. The normalized spacial score (nSPS) is 13.5. The highest BCUT2D eigenvalue weighted by Crippen LogP contribution is 2.21. The molecule has 0 spiro atoms. The van der Waals surface area contributed by atoms with Crippen LogP contribution < -0.4 is 0 Å². The highest BCUT2D eigenvalue weighted by Gasteiger charge is 2.06. The van der Waals surface area contributed by atoms with Crippen molar-refractivity contribution in [3.63, 3.8) is 0 Å². The number of hydrogen-bond acceptors (Lipinski definition) is 0. The molecule has 1 atom stereocenters. The first-order valence-electron chi connectivity index (χ1n) is 7.43. The fourth-order valence-corrected chi connectivity index (χ4v) is 1.62. The van der Waals surface area contributed by atoms with Crippen LogP contribution in [0.2, 0.25) is 0 Å². The molecule has 0 saturated heterocycles. The van der Waals surface area contributed by atoms with Gasteiger partial charge < -0.3 is 0 Å². The molecule has 0 aromatic heterocycles. The Bertz CT molecular complexity index is 472. The number of allylic oxidation sites excluding steroid dienone is 8. The van der Waals surface area contributed by atoms with E-state index in [9.17, 15) is 4.39 Å². The average molecular weight is 288 g/mol. The molecule has 0 rings (SSSR count). The Morgan fingerprint density at radius 2 is 1.52 bits per heavy atom. The minimum Gasteiger partial charge on any atom is -0.207 e. The number of rotatable bonds is 9. The maximum absolute atomic E-state index is 13.5. The lowest BCUT2D eigenvalue weighted by atomic mass is 9.93.